The second-order valence-corrected chi connectivity index (χ2v) is 8.95. The molecule has 1 aliphatic carbocycles. The van der Waals surface area contributed by atoms with E-state index < -0.39 is 24.2 Å². The molecule has 0 heterocycles. The summed E-state index contributed by atoms with van der Waals surface area (Å²) in [5.41, 5.74) is 1.02. The fourth-order valence-electron chi connectivity index (χ4n) is 4.62. The van der Waals surface area contributed by atoms with E-state index in [9.17, 15) is 17.6 Å². The van der Waals surface area contributed by atoms with Gasteiger partial charge >= 0.3 is 6.11 Å². The van der Waals surface area contributed by atoms with Crippen molar-refractivity contribution in [2.75, 3.05) is 6.61 Å². The van der Waals surface area contributed by atoms with Gasteiger partial charge in [0.25, 0.3) is 0 Å². The third-order valence-electron chi connectivity index (χ3n) is 6.54. The smallest absolute Gasteiger partial charge is 0.398 e. The van der Waals surface area contributed by atoms with E-state index >= 15 is 0 Å². The summed E-state index contributed by atoms with van der Waals surface area (Å²) in [4.78, 5) is 0. The maximum absolute atomic E-state index is 14.4. The van der Waals surface area contributed by atoms with E-state index in [-0.39, 0.29) is 30.1 Å². The Morgan fingerprint density at radius 2 is 1.61 bits per heavy atom. The molecule has 3 rings (SSSR count). The second kappa shape index (κ2) is 11.8. The van der Waals surface area contributed by atoms with Crippen LogP contribution in [0.2, 0.25) is 0 Å². The highest BCUT2D eigenvalue weighted by molar-refractivity contribution is 5.32. The van der Waals surface area contributed by atoms with Gasteiger partial charge in [-0.3, -0.25) is 0 Å². The van der Waals surface area contributed by atoms with Crippen LogP contribution in [-0.4, -0.2) is 12.7 Å². The Kier molecular flexibility index (Phi) is 9.04. The lowest BCUT2D eigenvalue weighted by atomic mass is 9.77. The van der Waals surface area contributed by atoms with Crippen LogP contribution in [0.1, 0.15) is 82.3 Å². The third kappa shape index (κ3) is 7.12. The molecule has 0 spiro atoms. The maximum Gasteiger partial charge on any atom is 0.398 e. The van der Waals surface area contributed by atoms with Gasteiger partial charge in [0.05, 0.1) is 13.0 Å². The summed E-state index contributed by atoms with van der Waals surface area (Å²) in [7, 11) is 0. The van der Waals surface area contributed by atoms with Crippen LogP contribution in [0.25, 0.3) is 0 Å². The summed E-state index contributed by atoms with van der Waals surface area (Å²) in [5, 5.41) is 0. The Bertz CT molecular complexity index is 874. The first-order valence-electron chi connectivity index (χ1n) is 12.1. The predicted molar refractivity (Wildman–Crippen MR) is 122 cm³/mol. The van der Waals surface area contributed by atoms with Gasteiger partial charge in [-0.2, -0.15) is 13.2 Å². The van der Waals surface area contributed by atoms with E-state index in [1.54, 1.807) is 19.1 Å². The fourth-order valence-corrected chi connectivity index (χ4v) is 4.62. The molecule has 0 saturated heterocycles. The van der Waals surface area contributed by atoms with Gasteiger partial charge in [-0.25, -0.2) is 4.39 Å². The maximum atomic E-state index is 14.4. The minimum atomic E-state index is -3.50. The number of alkyl halides is 2. The Morgan fingerprint density at radius 1 is 0.909 bits per heavy atom. The summed E-state index contributed by atoms with van der Waals surface area (Å²) in [5.74, 6) is -1.19. The zero-order valence-electron chi connectivity index (χ0n) is 19.5. The largest absolute Gasteiger partial charge is 0.491 e. The number of benzene rings is 2. The van der Waals surface area contributed by atoms with Crippen LogP contribution >= 0.6 is 0 Å². The highest BCUT2D eigenvalue weighted by Crippen LogP contribution is 2.38. The van der Waals surface area contributed by atoms with E-state index in [4.69, 9.17) is 9.47 Å². The zero-order valence-corrected chi connectivity index (χ0v) is 19.5. The van der Waals surface area contributed by atoms with Gasteiger partial charge in [0, 0.05) is 0 Å². The first-order chi connectivity index (χ1) is 15.8. The summed E-state index contributed by atoms with van der Waals surface area (Å²) < 4.78 is 66.7. The molecule has 2 aromatic rings. The van der Waals surface area contributed by atoms with E-state index in [1.807, 2.05) is 12.1 Å². The number of rotatable bonds is 11. The Hall–Kier alpha value is -2.24. The standard InChI is InChI=1S/C27H34F4O2/c1-3-5-6-19-7-9-20(10-8-19)21-11-14-23(15-12-21)33-27(30,31)18-17-22-13-16-24(32-4-2)26(29)25(22)28/h11-16,19-20H,3-10,17-18H2,1-2H3. The Balaban J connectivity index is 1.52. The third-order valence-corrected chi connectivity index (χ3v) is 6.54. The molecule has 0 aliphatic heterocycles. The van der Waals surface area contributed by atoms with Crippen LogP contribution < -0.4 is 9.47 Å². The van der Waals surface area contributed by atoms with Crippen molar-refractivity contribution < 1.29 is 27.0 Å². The van der Waals surface area contributed by atoms with Crippen LogP contribution in [0, 0.1) is 17.6 Å². The van der Waals surface area contributed by atoms with E-state index in [2.05, 4.69) is 6.92 Å². The number of halogens is 4. The van der Waals surface area contributed by atoms with Crippen molar-refractivity contribution in [1.82, 2.24) is 0 Å². The molecular formula is C27H34F4O2. The molecule has 0 atom stereocenters. The summed E-state index contributed by atoms with van der Waals surface area (Å²) in [6, 6.07) is 9.40. The van der Waals surface area contributed by atoms with Gasteiger partial charge < -0.3 is 9.47 Å². The number of hydrogen-bond donors (Lipinski definition) is 0. The highest BCUT2D eigenvalue weighted by Gasteiger charge is 2.32. The average Bonchev–Trinajstić information content (AvgIpc) is 2.81. The lowest BCUT2D eigenvalue weighted by Gasteiger charge is -2.29. The van der Waals surface area contributed by atoms with Crippen molar-refractivity contribution >= 4 is 0 Å². The molecule has 0 N–H and O–H groups in total. The molecule has 0 radical (unpaired) electrons. The number of hydrogen-bond acceptors (Lipinski definition) is 2. The Morgan fingerprint density at radius 3 is 2.24 bits per heavy atom. The molecule has 1 fully saturated rings. The van der Waals surface area contributed by atoms with E-state index in [0.717, 1.165) is 24.3 Å². The van der Waals surface area contributed by atoms with E-state index in [1.165, 1.54) is 44.2 Å². The topological polar surface area (TPSA) is 18.5 Å². The first kappa shape index (κ1) is 25.4. The molecule has 2 aromatic carbocycles. The van der Waals surface area contributed by atoms with Gasteiger partial charge in [0.1, 0.15) is 5.75 Å². The number of unbranched alkanes of at least 4 members (excludes halogenated alkanes) is 1. The normalized spacial score (nSPS) is 18.8. The molecule has 0 aromatic heterocycles. The van der Waals surface area contributed by atoms with Gasteiger partial charge in [0.15, 0.2) is 11.6 Å². The highest BCUT2D eigenvalue weighted by atomic mass is 19.3. The van der Waals surface area contributed by atoms with Crippen molar-refractivity contribution in [1.29, 1.82) is 0 Å². The first-order valence-corrected chi connectivity index (χ1v) is 12.1. The molecular weight excluding hydrogens is 432 g/mol. The van der Waals surface area contributed by atoms with Gasteiger partial charge in [0.2, 0.25) is 5.82 Å². The summed E-state index contributed by atoms with van der Waals surface area (Å²) >= 11 is 0. The van der Waals surface area contributed by atoms with Crippen LogP contribution in [0.15, 0.2) is 36.4 Å². The molecule has 6 heteroatoms. The molecule has 2 nitrogen and oxygen atoms in total. The Labute approximate surface area is 194 Å². The lowest BCUT2D eigenvalue weighted by Crippen LogP contribution is -2.25. The van der Waals surface area contributed by atoms with Crippen molar-refractivity contribution in [3.05, 3.63) is 59.2 Å². The summed E-state index contributed by atoms with van der Waals surface area (Å²) in [6.45, 7) is 4.05. The molecule has 1 saturated carbocycles. The molecule has 1 aliphatic rings. The quantitative estimate of drug-likeness (QED) is 0.309. The molecule has 0 amide bonds. The minimum absolute atomic E-state index is 0.0683. The average molecular weight is 467 g/mol. The summed E-state index contributed by atoms with van der Waals surface area (Å²) in [6.07, 6.45) is 3.92. The number of aryl methyl sites for hydroxylation is 1. The molecule has 33 heavy (non-hydrogen) atoms. The molecule has 182 valence electrons. The van der Waals surface area contributed by atoms with Gasteiger partial charge in [-0.1, -0.05) is 44.4 Å². The zero-order chi connectivity index (χ0) is 23.8. The van der Waals surface area contributed by atoms with Gasteiger partial charge in [-0.05, 0) is 80.2 Å². The SMILES string of the molecule is CCCCC1CCC(c2ccc(OC(F)(F)CCc3ccc(OCC)c(F)c3F)cc2)CC1. The molecule has 0 unspecified atom stereocenters. The van der Waals surface area contributed by atoms with Crippen LogP contribution in [0.3, 0.4) is 0 Å². The van der Waals surface area contributed by atoms with Crippen LogP contribution in [-0.2, 0) is 6.42 Å². The van der Waals surface area contributed by atoms with Crippen molar-refractivity contribution in [2.45, 2.75) is 83.7 Å². The van der Waals surface area contributed by atoms with Crippen molar-refractivity contribution in [3.8, 4) is 11.5 Å². The van der Waals surface area contributed by atoms with Gasteiger partial charge in [-0.15, -0.1) is 0 Å². The second-order valence-electron chi connectivity index (χ2n) is 8.95. The number of ether oxygens (including phenoxy) is 2. The predicted octanol–water partition coefficient (Wildman–Crippen LogP) is 8.43. The lowest BCUT2D eigenvalue weighted by molar-refractivity contribution is -0.180. The fraction of sp³-hybridized carbons (Fsp3) is 0.556. The van der Waals surface area contributed by atoms with E-state index in [0.29, 0.717) is 5.92 Å². The van der Waals surface area contributed by atoms with Crippen LogP contribution in [0.5, 0.6) is 11.5 Å². The van der Waals surface area contributed by atoms with Crippen LogP contribution in [0.4, 0.5) is 17.6 Å². The minimum Gasteiger partial charge on any atom is -0.491 e. The van der Waals surface area contributed by atoms with Crippen molar-refractivity contribution in [2.24, 2.45) is 5.92 Å². The van der Waals surface area contributed by atoms with Crippen molar-refractivity contribution in [3.63, 3.8) is 0 Å². The monoisotopic (exact) mass is 466 g/mol. The molecule has 0 bridgehead atoms.